The lowest BCUT2D eigenvalue weighted by Crippen LogP contribution is -2.32. The first-order chi connectivity index (χ1) is 15.0. The fourth-order valence-corrected chi connectivity index (χ4v) is 4.82. The number of hydrogen-bond acceptors (Lipinski definition) is 6. The molecule has 0 fully saturated rings. The quantitative estimate of drug-likeness (QED) is 0.378. The smallest absolute Gasteiger partial charge is 0.326 e. The highest BCUT2D eigenvalue weighted by Crippen LogP contribution is 2.43. The molecule has 2 aromatic carbocycles. The van der Waals surface area contributed by atoms with Gasteiger partial charge in [-0.25, -0.2) is 14.8 Å². The summed E-state index contributed by atoms with van der Waals surface area (Å²) < 4.78 is 0. The highest BCUT2D eigenvalue weighted by atomic mass is 32.1. The van der Waals surface area contributed by atoms with E-state index in [1.165, 1.54) is 6.33 Å². The second kappa shape index (κ2) is 8.73. The Labute approximate surface area is 184 Å². The Morgan fingerprint density at radius 2 is 1.90 bits per heavy atom. The van der Waals surface area contributed by atoms with E-state index >= 15 is 0 Å². The first-order valence-corrected chi connectivity index (χ1v) is 10.9. The van der Waals surface area contributed by atoms with Crippen LogP contribution in [0, 0.1) is 6.92 Å². The Bertz CT molecular complexity index is 1240. The summed E-state index contributed by atoms with van der Waals surface area (Å²) in [5.41, 5.74) is 3.54. The van der Waals surface area contributed by atoms with Crippen molar-refractivity contribution in [2.45, 2.75) is 32.7 Å². The molecule has 0 aliphatic carbocycles. The van der Waals surface area contributed by atoms with Crippen molar-refractivity contribution in [3.05, 3.63) is 70.9 Å². The molecule has 0 unspecified atom stereocenters. The zero-order chi connectivity index (χ0) is 22.0. The summed E-state index contributed by atoms with van der Waals surface area (Å²) in [6, 6.07) is 14.1. The van der Waals surface area contributed by atoms with Gasteiger partial charge < -0.3 is 15.5 Å². The molecule has 158 valence electrons. The number of aliphatic carboxylic acids is 1. The molecule has 0 amide bonds. The average Bonchev–Trinajstić information content (AvgIpc) is 3.15. The second-order valence-electron chi connectivity index (χ2n) is 7.33. The van der Waals surface area contributed by atoms with Crippen molar-refractivity contribution in [3.63, 3.8) is 0 Å². The molecule has 31 heavy (non-hydrogen) atoms. The minimum Gasteiger partial charge on any atom is -0.508 e. The zero-order valence-corrected chi connectivity index (χ0v) is 18.1. The molecular weight excluding hydrogens is 410 g/mol. The van der Waals surface area contributed by atoms with Gasteiger partial charge in [0.1, 0.15) is 28.8 Å². The van der Waals surface area contributed by atoms with Crippen LogP contribution >= 0.6 is 11.3 Å². The molecule has 0 bridgehead atoms. The maximum Gasteiger partial charge on any atom is 0.326 e. The Hall–Kier alpha value is -3.45. The third kappa shape index (κ3) is 4.09. The lowest BCUT2D eigenvalue weighted by Gasteiger charge is -2.17. The topological polar surface area (TPSA) is 95.3 Å². The Balaban J connectivity index is 1.84. The number of nitrogens with one attached hydrogen (secondary N) is 1. The molecule has 4 aromatic rings. The molecule has 4 rings (SSSR count). The van der Waals surface area contributed by atoms with Gasteiger partial charge in [-0.15, -0.1) is 11.3 Å². The van der Waals surface area contributed by atoms with E-state index in [2.05, 4.69) is 22.2 Å². The SMILES string of the molecule is CCc1sc2ncnc(N[C@H](Cc3ccccc3)C(=O)O)c2c1-c1cccc(O)c1C. The Morgan fingerprint density at radius 1 is 1.13 bits per heavy atom. The summed E-state index contributed by atoms with van der Waals surface area (Å²) in [6.07, 6.45) is 2.57. The van der Waals surface area contributed by atoms with Gasteiger partial charge in [0.2, 0.25) is 0 Å². The van der Waals surface area contributed by atoms with E-state index in [-0.39, 0.29) is 5.75 Å². The molecule has 3 N–H and O–H groups in total. The molecule has 7 heteroatoms. The van der Waals surface area contributed by atoms with Gasteiger partial charge in [0, 0.05) is 16.9 Å². The minimum absolute atomic E-state index is 0.220. The standard InChI is InChI=1S/C24H23N3O3S/c1-3-19-20(16-10-7-11-18(28)14(16)2)21-22(25-13-26-23(21)31-19)27-17(24(29)30)12-15-8-5-4-6-9-15/h4-11,13,17,28H,3,12H2,1-2H3,(H,29,30)(H,25,26,27)/t17-/m1/s1. The Kier molecular flexibility index (Phi) is 5.86. The molecule has 0 saturated heterocycles. The fraction of sp³-hybridized carbons (Fsp3) is 0.208. The monoisotopic (exact) mass is 433 g/mol. The van der Waals surface area contributed by atoms with Crippen molar-refractivity contribution < 1.29 is 15.0 Å². The fourth-order valence-electron chi connectivity index (χ4n) is 3.73. The first kappa shape index (κ1) is 20.8. The molecule has 1 atom stereocenters. The van der Waals surface area contributed by atoms with Gasteiger partial charge in [0.05, 0.1) is 5.39 Å². The van der Waals surface area contributed by atoms with Crippen molar-refractivity contribution in [2.24, 2.45) is 0 Å². The maximum absolute atomic E-state index is 12.0. The number of carboxylic acid groups (broad SMARTS) is 1. The number of rotatable bonds is 7. The number of carbonyl (C=O) groups is 1. The van der Waals surface area contributed by atoms with Crippen LogP contribution in [-0.2, 0) is 17.6 Å². The van der Waals surface area contributed by atoms with Gasteiger partial charge in [-0.2, -0.15) is 0 Å². The van der Waals surface area contributed by atoms with Crippen LogP contribution in [0.2, 0.25) is 0 Å². The van der Waals surface area contributed by atoms with Crippen LogP contribution in [0.4, 0.5) is 5.82 Å². The molecule has 2 aromatic heterocycles. The largest absolute Gasteiger partial charge is 0.508 e. The number of aryl methyl sites for hydroxylation is 1. The predicted molar refractivity (Wildman–Crippen MR) is 124 cm³/mol. The van der Waals surface area contributed by atoms with Crippen molar-refractivity contribution >= 4 is 33.3 Å². The number of thiophene rings is 1. The number of aromatic nitrogens is 2. The third-order valence-electron chi connectivity index (χ3n) is 5.35. The molecule has 0 aliphatic rings. The summed E-state index contributed by atoms with van der Waals surface area (Å²) >= 11 is 1.57. The first-order valence-electron chi connectivity index (χ1n) is 10.1. The molecule has 0 radical (unpaired) electrons. The number of fused-ring (bicyclic) bond motifs is 1. The van der Waals surface area contributed by atoms with Gasteiger partial charge in [-0.05, 0) is 36.1 Å². The van der Waals surface area contributed by atoms with Gasteiger partial charge in [-0.3, -0.25) is 0 Å². The molecular formula is C24H23N3O3S. The lowest BCUT2D eigenvalue weighted by molar-refractivity contribution is -0.137. The molecule has 6 nitrogen and oxygen atoms in total. The van der Waals surface area contributed by atoms with Gasteiger partial charge in [-0.1, -0.05) is 49.4 Å². The maximum atomic E-state index is 12.0. The van der Waals surface area contributed by atoms with E-state index in [4.69, 9.17) is 0 Å². The number of benzene rings is 2. The van der Waals surface area contributed by atoms with Crippen LogP contribution < -0.4 is 5.32 Å². The number of nitrogens with zero attached hydrogens (tertiary/aromatic N) is 2. The number of anilines is 1. The van der Waals surface area contributed by atoms with E-state index in [1.807, 2.05) is 49.4 Å². The lowest BCUT2D eigenvalue weighted by atomic mass is 9.97. The van der Waals surface area contributed by atoms with Crippen LogP contribution in [0.15, 0.2) is 54.9 Å². The van der Waals surface area contributed by atoms with Crippen LogP contribution in [0.3, 0.4) is 0 Å². The number of carboxylic acids is 1. The number of phenolic OH excluding ortho intramolecular Hbond substituents is 1. The molecule has 0 saturated carbocycles. The Morgan fingerprint density at radius 3 is 2.61 bits per heavy atom. The van der Waals surface area contributed by atoms with Crippen LogP contribution in [-0.4, -0.2) is 32.2 Å². The number of aromatic hydroxyl groups is 1. The van der Waals surface area contributed by atoms with Crippen LogP contribution in [0.25, 0.3) is 21.3 Å². The molecule has 0 aliphatic heterocycles. The van der Waals surface area contributed by atoms with Gasteiger partial charge in [0.25, 0.3) is 0 Å². The van der Waals surface area contributed by atoms with E-state index < -0.39 is 12.0 Å². The highest BCUT2D eigenvalue weighted by molar-refractivity contribution is 7.19. The van der Waals surface area contributed by atoms with Crippen molar-refractivity contribution in [1.29, 1.82) is 0 Å². The summed E-state index contributed by atoms with van der Waals surface area (Å²) in [7, 11) is 0. The number of hydrogen-bond donors (Lipinski definition) is 3. The van der Waals surface area contributed by atoms with Crippen molar-refractivity contribution in [2.75, 3.05) is 5.32 Å². The van der Waals surface area contributed by atoms with Crippen molar-refractivity contribution in [3.8, 4) is 16.9 Å². The van der Waals surface area contributed by atoms with E-state index in [9.17, 15) is 15.0 Å². The summed E-state index contributed by atoms with van der Waals surface area (Å²) in [4.78, 5) is 22.8. The van der Waals surface area contributed by atoms with Crippen molar-refractivity contribution in [1.82, 2.24) is 9.97 Å². The van der Waals surface area contributed by atoms with E-state index in [1.54, 1.807) is 17.4 Å². The van der Waals surface area contributed by atoms with Gasteiger partial charge in [0.15, 0.2) is 0 Å². The molecule has 2 heterocycles. The van der Waals surface area contributed by atoms with Gasteiger partial charge >= 0.3 is 5.97 Å². The van der Waals surface area contributed by atoms with Crippen LogP contribution in [0.5, 0.6) is 5.75 Å². The highest BCUT2D eigenvalue weighted by Gasteiger charge is 2.24. The summed E-state index contributed by atoms with van der Waals surface area (Å²) in [5.74, 6) is -0.239. The van der Waals surface area contributed by atoms with E-state index in [0.29, 0.717) is 12.2 Å². The summed E-state index contributed by atoms with van der Waals surface area (Å²) in [6.45, 7) is 3.95. The van der Waals surface area contributed by atoms with Crippen LogP contribution in [0.1, 0.15) is 22.9 Å². The normalized spacial score (nSPS) is 12.1. The summed E-state index contributed by atoms with van der Waals surface area (Å²) in [5, 5.41) is 24.0. The van der Waals surface area contributed by atoms with E-state index in [0.717, 1.165) is 43.8 Å². The average molecular weight is 434 g/mol. The molecule has 0 spiro atoms. The second-order valence-corrected chi connectivity index (χ2v) is 8.41. The predicted octanol–water partition coefficient (Wildman–Crippen LogP) is 5.04. The number of phenols is 1. The minimum atomic E-state index is -0.948. The zero-order valence-electron chi connectivity index (χ0n) is 17.3. The third-order valence-corrected chi connectivity index (χ3v) is 6.59.